The zero-order valence-electron chi connectivity index (χ0n) is 7.05. The zero-order chi connectivity index (χ0) is 10.1. The van der Waals surface area contributed by atoms with Crippen LogP contribution >= 0.6 is 11.6 Å². The molecule has 0 fully saturated rings. The van der Waals surface area contributed by atoms with Gasteiger partial charge in [-0.05, 0) is 24.6 Å². The predicted octanol–water partition coefficient (Wildman–Crippen LogP) is 2.01. The van der Waals surface area contributed by atoms with Crippen molar-refractivity contribution >= 4 is 17.5 Å². The molecule has 0 bridgehead atoms. The molecule has 1 atom stereocenters. The summed E-state index contributed by atoms with van der Waals surface area (Å²) in [6.07, 6.45) is 0. The fourth-order valence-electron chi connectivity index (χ4n) is 0.905. The molecule has 1 rings (SSSR count). The Labute approximate surface area is 80.5 Å². The summed E-state index contributed by atoms with van der Waals surface area (Å²) in [5.74, 6) is -1.00. The molecule has 13 heavy (non-hydrogen) atoms. The van der Waals surface area contributed by atoms with E-state index in [0.29, 0.717) is 5.02 Å². The summed E-state index contributed by atoms with van der Waals surface area (Å²) in [6.45, 7) is 1.12. The number of hydrogen-bond donors (Lipinski definition) is 1. The average Bonchev–Trinajstić information content (AvgIpc) is 2.04. The normalized spacial score (nSPS) is 15.0. The van der Waals surface area contributed by atoms with Gasteiger partial charge in [0.1, 0.15) is 0 Å². The Morgan fingerprint density at radius 2 is 1.92 bits per heavy atom. The third kappa shape index (κ3) is 1.98. The number of alkyl halides is 1. The van der Waals surface area contributed by atoms with Crippen molar-refractivity contribution in [2.75, 3.05) is 0 Å². The van der Waals surface area contributed by atoms with Crippen LogP contribution in [0.2, 0.25) is 5.02 Å². The van der Waals surface area contributed by atoms with Crippen molar-refractivity contribution in [3.63, 3.8) is 0 Å². The van der Waals surface area contributed by atoms with E-state index in [1.807, 2.05) is 0 Å². The Kier molecular flexibility index (Phi) is 2.57. The Morgan fingerprint density at radius 3 is 2.31 bits per heavy atom. The van der Waals surface area contributed by atoms with Crippen LogP contribution < -0.4 is 5.73 Å². The first kappa shape index (κ1) is 9.99. The SMILES string of the molecule is C[C@@](F)(C(N)=O)c1ccc(Cl)cc1. The smallest absolute Gasteiger partial charge is 0.259 e. The first-order valence-corrected chi connectivity index (χ1v) is 4.07. The second-order valence-corrected chi connectivity index (χ2v) is 3.31. The lowest BCUT2D eigenvalue weighted by molar-refractivity contribution is -0.128. The number of primary amides is 1. The molecule has 0 spiro atoms. The molecule has 2 N–H and O–H groups in total. The highest BCUT2D eigenvalue weighted by Gasteiger charge is 2.32. The van der Waals surface area contributed by atoms with Crippen molar-refractivity contribution in [2.24, 2.45) is 5.73 Å². The number of amides is 1. The second kappa shape index (κ2) is 3.34. The minimum Gasteiger partial charge on any atom is -0.367 e. The molecule has 0 saturated carbocycles. The van der Waals surface area contributed by atoms with E-state index in [9.17, 15) is 9.18 Å². The lowest BCUT2D eigenvalue weighted by atomic mass is 9.98. The molecule has 0 radical (unpaired) electrons. The Morgan fingerprint density at radius 1 is 1.46 bits per heavy atom. The molecule has 4 heteroatoms. The molecule has 70 valence electrons. The molecule has 0 unspecified atom stereocenters. The lowest BCUT2D eigenvalue weighted by Gasteiger charge is -2.16. The van der Waals surface area contributed by atoms with Gasteiger partial charge in [0, 0.05) is 5.02 Å². The maximum Gasteiger partial charge on any atom is 0.259 e. The van der Waals surface area contributed by atoms with Gasteiger partial charge in [-0.1, -0.05) is 23.7 Å². The van der Waals surface area contributed by atoms with Crippen LogP contribution in [0, 0.1) is 0 Å². The van der Waals surface area contributed by atoms with Crippen LogP contribution in [0.15, 0.2) is 24.3 Å². The highest BCUT2D eigenvalue weighted by molar-refractivity contribution is 6.30. The van der Waals surface area contributed by atoms with Crippen molar-refractivity contribution in [1.82, 2.24) is 0 Å². The summed E-state index contributed by atoms with van der Waals surface area (Å²) in [4.78, 5) is 10.7. The maximum absolute atomic E-state index is 13.6. The molecule has 1 aromatic carbocycles. The topological polar surface area (TPSA) is 43.1 Å². The van der Waals surface area contributed by atoms with Gasteiger partial charge in [-0.25, -0.2) is 4.39 Å². The number of halogens is 2. The van der Waals surface area contributed by atoms with Gasteiger partial charge in [-0.2, -0.15) is 0 Å². The molecule has 0 saturated heterocycles. The number of nitrogens with two attached hydrogens (primary N) is 1. The molecule has 0 aliphatic rings. The van der Waals surface area contributed by atoms with Crippen molar-refractivity contribution in [3.8, 4) is 0 Å². The summed E-state index contributed by atoms with van der Waals surface area (Å²) in [5.41, 5.74) is 2.97. The van der Waals surface area contributed by atoms with Crippen LogP contribution in [0.4, 0.5) is 4.39 Å². The predicted molar refractivity (Wildman–Crippen MR) is 49.1 cm³/mol. The summed E-state index contributed by atoms with van der Waals surface area (Å²) >= 11 is 5.60. The van der Waals surface area contributed by atoms with E-state index in [2.05, 4.69) is 0 Å². The monoisotopic (exact) mass is 201 g/mol. The quantitative estimate of drug-likeness (QED) is 0.782. The number of benzene rings is 1. The Balaban J connectivity index is 3.08. The van der Waals surface area contributed by atoms with Crippen molar-refractivity contribution in [2.45, 2.75) is 12.6 Å². The van der Waals surface area contributed by atoms with Gasteiger partial charge >= 0.3 is 0 Å². The van der Waals surface area contributed by atoms with Gasteiger partial charge in [0.05, 0.1) is 0 Å². The van der Waals surface area contributed by atoms with Crippen LogP contribution in [-0.2, 0) is 10.5 Å². The van der Waals surface area contributed by atoms with E-state index < -0.39 is 11.6 Å². The van der Waals surface area contributed by atoms with Crippen molar-refractivity contribution in [3.05, 3.63) is 34.9 Å². The van der Waals surface area contributed by atoms with Crippen LogP contribution in [0.3, 0.4) is 0 Å². The summed E-state index contributed by atoms with van der Waals surface area (Å²) in [7, 11) is 0. The van der Waals surface area contributed by atoms with E-state index in [-0.39, 0.29) is 5.56 Å². The van der Waals surface area contributed by atoms with E-state index in [0.717, 1.165) is 6.92 Å². The van der Waals surface area contributed by atoms with E-state index in [1.54, 1.807) is 0 Å². The molecule has 0 aliphatic heterocycles. The van der Waals surface area contributed by atoms with Crippen LogP contribution in [0.1, 0.15) is 12.5 Å². The third-order valence-electron chi connectivity index (χ3n) is 1.85. The molecule has 0 aliphatic carbocycles. The zero-order valence-corrected chi connectivity index (χ0v) is 7.81. The highest BCUT2D eigenvalue weighted by atomic mass is 35.5. The first-order chi connectivity index (χ1) is 5.94. The fraction of sp³-hybridized carbons (Fsp3) is 0.222. The van der Waals surface area contributed by atoms with Gasteiger partial charge in [0.25, 0.3) is 5.91 Å². The minimum absolute atomic E-state index is 0.212. The summed E-state index contributed by atoms with van der Waals surface area (Å²) in [5, 5.41) is 0.490. The molecule has 0 aromatic heterocycles. The minimum atomic E-state index is -2.13. The van der Waals surface area contributed by atoms with E-state index >= 15 is 0 Å². The lowest BCUT2D eigenvalue weighted by Crippen LogP contribution is -2.34. The van der Waals surface area contributed by atoms with E-state index in [4.69, 9.17) is 17.3 Å². The van der Waals surface area contributed by atoms with Crippen molar-refractivity contribution in [1.29, 1.82) is 0 Å². The van der Waals surface area contributed by atoms with Crippen molar-refractivity contribution < 1.29 is 9.18 Å². The van der Waals surface area contributed by atoms with Crippen LogP contribution in [0.5, 0.6) is 0 Å². The second-order valence-electron chi connectivity index (χ2n) is 2.87. The molecular weight excluding hydrogens is 193 g/mol. The number of rotatable bonds is 2. The van der Waals surface area contributed by atoms with Gasteiger partial charge in [0.15, 0.2) is 0 Å². The Hall–Kier alpha value is -1.09. The molecule has 1 aromatic rings. The first-order valence-electron chi connectivity index (χ1n) is 3.69. The maximum atomic E-state index is 13.6. The van der Waals surface area contributed by atoms with Gasteiger partial charge in [-0.3, -0.25) is 4.79 Å². The van der Waals surface area contributed by atoms with Crippen LogP contribution in [-0.4, -0.2) is 5.91 Å². The largest absolute Gasteiger partial charge is 0.367 e. The molecule has 1 amide bonds. The standard InChI is InChI=1S/C9H9ClFNO/c1-9(11,8(12)13)6-2-4-7(10)5-3-6/h2-5H,1H3,(H2,12,13)/t9-/m0/s1. The molecule has 2 nitrogen and oxygen atoms in total. The molecule has 0 heterocycles. The summed E-state index contributed by atoms with van der Waals surface area (Å²) < 4.78 is 13.6. The van der Waals surface area contributed by atoms with Gasteiger partial charge < -0.3 is 5.73 Å². The van der Waals surface area contributed by atoms with Gasteiger partial charge in [0.2, 0.25) is 5.67 Å². The average molecular weight is 202 g/mol. The fourth-order valence-corrected chi connectivity index (χ4v) is 1.03. The van der Waals surface area contributed by atoms with E-state index in [1.165, 1.54) is 24.3 Å². The number of carbonyl (C=O) groups is 1. The number of carbonyl (C=O) groups excluding carboxylic acids is 1. The van der Waals surface area contributed by atoms with Gasteiger partial charge in [-0.15, -0.1) is 0 Å². The third-order valence-corrected chi connectivity index (χ3v) is 2.10. The molecular formula is C9H9ClFNO. The highest BCUT2D eigenvalue weighted by Crippen LogP contribution is 2.25. The number of hydrogen-bond acceptors (Lipinski definition) is 1. The summed E-state index contributed by atoms with van der Waals surface area (Å²) in [6, 6.07) is 5.90. The Bertz CT molecular complexity index is 321. The van der Waals surface area contributed by atoms with Crippen LogP contribution in [0.25, 0.3) is 0 Å².